The number of fused-ring (bicyclic) bond motifs is 3. The van der Waals surface area contributed by atoms with Gasteiger partial charge in [0.1, 0.15) is 0 Å². The van der Waals surface area contributed by atoms with Gasteiger partial charge in [-0.2, -0.15) is 4.52 Å². The molecule has 1 amide bonds. The predicted molar refractivity (Wildman–Crippen MR) is 109 cm³/mol. The van der Waals surface area contributed by atoms with Crippen molar-refractivity contribution in [3.8, 4) is 0 Å². The van der Waals surface area contributed by atoms with Crippen LogP contribution in [0.1, 0.15) is 47.2 Å². The van der Waals surface area contributed by atoms with Crippen LogP contribution >= 0.6 is 0 Å². The van der Waals surface area contributed by atoms with Crippen LogP contribution in [-0.4, -0.2) is 41.9 Å². The third kappa shape index (κ3) is 3.22. The van der Waals surface area contributed by atoms with E-state index in [2.05, 4.69) is 45.6 Å². The van der Waals surface area contributed by atoms with Crippen molar-refractivity contribution in [3.63, 3.8) is 0 Å². The highest BCUT2D eigenvalue weighted by molar-refractivity contribution is 5.94. The first-order chi connectivity index (χ1) is 14.2. The number of hydrogen-bond donors (Lipinski definition) is 0. The van der Waals surface area contributed by atoms with E-state index in [1.807, 2.05) is 17.0 Å². The van der Waals surface area contributed by atoms with Crippen molar-refractivity contribution >= 4 is 22.5 Å². The Bertz CT molecular complexity index is 1180. The molecular formula is C22H22N6O. The highest BCUT2D eigenvalue weighted by Gasteiger charge is 2.28. The molecule has 0 aliphatic heterocycles. The molecule has 0 atom stereocenters. The van der Waals surface area contributed by atoms with Crippen molar-refractivity contribution < 1.29 is 4.79 Å². The highest BCUT2D eigenvalue weighted by atomic mass is 16.2. The quantitative estimate of drug-likeness (QED) is 0.536. The van der Waals surface area contributed by atoms with Crippen LogP contribution in [0.25, 0.3) is 16.6 Å². The fourth-order valence-corrected chi connectivity index (χ4v) is 4.32. The van der Waals surface area contributed by atoms with Crippen LogP contribution in [0.4, 0.5) is 0 Å². The van der Waals surface area contributed by atoms with Crippen LogP contribution in [0, 0.1) is 6.92 Å². The molecule has 29 heavy (non-hydrogen) atoms. The molecule has 0 N–H and O–H groups in total. The third-order valence-electron chi connectivity index (χ3n) is 5.77. The summed E-state index contributed by atoms with van der Waals surface area (Å²) >= 11 is 0. The lowest BCUT2D eigenvalue weighted by atomic mass is 10.1. The van der Waals surface area contributed by atoms with E-state index in [9.17, 15) is 4.79 Å². The Morgan fingerprint density at radius 3 is 2.86 bits per heavy atom. The number of hydrogen-bond acceptors (Lipinski definition) is 5. The molecule has 4 aromatic rings. The first kappa shape index (κ1) is 17.7. The molecule has 0 unspecified atom stereocenters. The molecule has 3 heterocycles. The van der Waals surface area contributed by atoms with E-state index in [1.165, 1.54) is 5.56 Å². The van der Waals surface area contributed by atoms with Gasteiger partial charge in [0, 0.05) is 29.4 Å². The average Bonchev–Trinajstić information content (AvgIpc) is 3.44. The fourth-order valence-electron chi connectivity index (χ4n) is 4.32. The van der Waals surface area contributed by atoms with Crippen molar-refractivity contribution in [2.75, 3.05) is 0 Å². The summed E-state index contributed by atoms with van der Waals surface area (Å²) in [6.45, 7) is 2.55. The van der Waals surface area contributed by atoms with Crippen LogP contribution < -0.4 is 0 Å². The van der Waals surface area contributed by atoms with E-state index in [-0.39, 0.29) is 11.9 Å². The van der Waals surface area contributed by atoms with Crippen molar-refractivity contribution in [1.82, 2.24) is 29.9 Å². The second kappa shape index (κ2) is 7.24. The van der Waals surface area contributed by atoms with E-state index < -0.39 is 0 Å². The molecule has 1 fully saturated rings. The van der Waals surface area contributed by atoms with Gasteiger partial charge in [0.2, 0.25) is 0 Å². The van der Waals surface area contributed by atoms with E-state index in [0.29, 0.717) is 17.8 Å². The molecule has 3 aromatic heterocycles. The lowest BCUT2D eigenvalue weighted by molar-refractivity contribution is 0.0665. The lowest BCUT2D eigenvalue weighted by Gasteiger charge is -2.29. The van der Waals surface area contributed by atoms with E-state index in [4.69, 9.17) is 0 Å². The summed E-state index contributed by atoms with van der Waals surface area (Å²) in [6, 6.07) is 12.2. The lowest BCUT2D eigenvalue weighted by Crippen LogP contribution is -2.38. The van der Waals surface area contributed by atoms with E-state index in [1.54, 1.807) is 23.0 Å². The largest absolute Gasteiger partial charge is 0.331 e. The van der Waals surface area contributed by atoms with Gasteiger partial charge in [-0.15, -0.1) is 5.10 Å². The van der Waals surface area contributed by atoms with E-state index in [0.717, 1.165) is 42.1 Å². The van der Waals surface area contributed by atoms with Gasteiger partial charge in [-0.3, -0.25) is 9.78 Å². The molecule has 0 spiro atoms. The minimum atomic E-state index is 0.0139. The smallest absolute Gasteiger partial charge is 0.255 e. The molecular weight excluding hydrogens is 364 g/mol. The Hall–Kier alpha value is -3.35. The van der Waals surface area contributed by atoms with Crippen molar-refractivity contribution in [2.24, 2.45) is 0 Å². The number of benzene rings is 1. The summed E-state index contributed by atoms with van der Waals surface area (Å²) in [4.78, 5) is 19.5. The molecule has 1 aliphatic rings. The maximum absolute atomic E-state index is 13.4. The Labute approximate surface area is 168 Å². The summed E-state index contributed by atoms with van der Waals surface area (Å²) in [7, 11) is 0. The SMILES string of the molecule is Cc1ccc2c(c1)cc(CN(C(=O)c1cccnc1)C1CCCC1)c1nnnn12. The minimum Gasteiger partial charge on any atom is -0.331 e. The monoisotopic (exact) mass is 386 g/mol. The summed E-state index contributed by atoms with van der Waals surface area (Å²) < 4.78 is 1.77. The van der Waals surface area contributed by atoms with Gasteiger partial charge in [-0.05, 0) is 60.5 Å². The average molecular weight is 386 g/mol. The maximum atomic E-state index is 13.4. The van der Waals surface area contributed by atoms with Crippen molar-refractivity contribution in [2.45, 2.75) is 45.2 Å². The Balaban J connectivity index is 1.60. The number of rotatable bonds is 4. The number of amides is 1. The Kier molecular flexibility index (Phi) is 4.42. The third-order valence-corrected chi connectivity index (χ3v) is 5.77. The van der Waals surface area contributed by atoms with Crippen LogP contribution in [0.3, 0.4) is 0 Å². The first-order valence-electron chi connectivity index (χ1n) is 10.0. The van der Waals surface area contributed by atoms with Crippen LogP contribution in [-0.2, 0) is 6.54 Å². The predicted octanol–water partition coefficient (Wildman–Crippen LogP) is 3.57. The number of tetrazole rings is 1. The molecule has 1 aromatic carbocycles. The number of aryl methyl sites for hydroxylation is 1. The fraction of sp³-hybridized carbons (Fsp3) is 0.318. The maximum Gasteiger partial charge on any atom is 0.255 e. The number of aromatic nitrogens is 5. The number of carbonyl (C=O) groups is 1. The molecule has 1 saturated carbocycles. The van der Waals surface area contributed by atoms with Gasteiger partial charge in [-0.25, -0.2) is 0 Å². The molecule has 1 aliphatic carbocycles. The minimum absolute atomic E-state index is 0.0139. The zero-order chi connectivity index (χ0) is 19.8. The van der Waals surface area contributed by atoms with E-state index >= 15 is 0 Å². The number of nitrogens with zero attached hydrogens (tertiary/aromatic N) is 6. The second-order valence-corrected chi connectivity index (χ2v) is 7.76. The van der Waals surface area contributed by atoms with Gasteiger partial charge in [0.05, 0.1) is 17.6 Å². The van der Waals surface area contributed by atoms with Gasteiger partial charge in [-0.1, -0.05) is 24.5 Å². The van der Waals surface area contributed by atoms with Crippen LogP contribution in [0.5, 0.6) is 0 Å². The number of pyridine rings is 2. The molecule has 5 rings (SSSR count). The Morgan fingerprint density at radius 1 is 1.21 bits per heavy atom. The van der Waals surface area contributed by atoms with Crippen LogP contribution in [0.2, 0.25) is 0 Å². The molecule has 0 saturated heterocycles. The summed E-state index contributed by atoms with van der Waals surface area (Å²) in [6.07, 6.45) is 7.69. The van der Waals surface area contributed by atoms with Gasteiger partial charge < -0.3 is 4.90 Å². The normalized spacial score (nSPS) is 14.7. The molecule has 7 nitrogen and oxygen atoms in total. The molecule has 146 valence electrons. The first-order valence-corrected chi connectivity index (χ1v) is 10.0. The summed E-state index contributed by atoms with van der Waals surface area (Å²) in [5.74, 6) is 0.0139. The van der Waals surface area contributed by atoms with Crippen molar-refractivity contribution in [3.05, 3.63) is 65.5 Å². The second-order valence-electron chi connectivity index (χ2n) is 7.76. The topological polar surface area (TPSA) is 76.3 Å². The van der Waals surface area contributed by atoms with Gasteiger partial charge in [0.15, 0.2) is 5.65 Å². The standard InChI is InChI=1S/C22H22N6O/c1-15-8-9-20-17(11-15)12-18(21-24-25-26-28(20)21)14-27(19-6-2-3-7-19)22(29)16-5-4-10-23-13-16/h4-5,8-13,19H,2-3,6-7,14H2,1H3. The number of carbonyl (C=O) groups excluding carboxylic acids is 1. The van der Waals surface area contributed by atoms with Crippen molar-refractivity contribution in [1.29, 1.82) is 0 Å². The summed E-state index contributed by atoms with van der Waals surface area (Å²) in [5, 5.41) is 13.4. The zero-order valence-corrected chi connectivity index (χ0v) is 16.3. The van der Waals surface area contributed by atoms with Gasteiger partial charge in [0.25, 0.3) is 5.91 Å². The highest BCUT2D eigenvalue weighted by Crippen LogP contribution is 2.28. The zero-order valence-electron chi connectivity index (χ0n) is 16.3. The molecule has 0 radical (unpaired) electrons. The summed E-state index contributed by atoms with van der Waals surface area (Å²) in [5.41, 5.74) is 4.41. The Morgan fingerprint density at radius 2 is 2.07 bits per heavy atom. The van der Waals surface area contributed by atoms with Crippen LogP contribution in [0.15, 0.2) is 48.8 Å². The molecule has 0 bridgehead atoms. The molecule has 7 heteroatoms. The van der Waals surface area contributed by atoms with Gasteiger partial charge >= 0.3 is 0 Å².